The van der Waals surface area contributed by atoms with Crippen molar-refractivity contribution in [3.8, 4) is 0 Å². The Morgan fingerprint density at radius 2 is 1.11 bits per heavy atom. The quantitative estimate of drug-likeness (QED) is 0.341. The lowest BCUT2D eigenvalue weighted by atomic mass is 10.0. The highest BCUT2D eigenvalue weighted by Gasteiger charge is 2.23. The molecule has 1 fully saturated rings. The second-order valence-electron chi connectivity index (χ2n) is 7.03. The molecule has 0 radical (unpaired) electrons. The molecule has 1 nitrogen and oxygen atoms in total. The first-order valence-corrected chi connectivity index (χ1v) is 9.10. The average Bonchev–Trinajstić information content (AvgIpc) is 2.42. The van der Waals surface area contributed by atoms with Gasteiger partial charge in [-0.25, -0.2) is 0 Å². The maximum atomic E-state index is 2.48. The molecule has 0 unspecified atom stereocenters. The Bertz CT molecular complexity index is 194. The number of quaternary nitrogens is 1. The first-order valence-electron chi connectivity index (χ1n) is 9.10. The molecule has 1 heterocycles. The second kappa shape index (κ2) is 10.7. The van der Waals surface area contributed by atoms with Crippen molar-refractivity contribution in [2.75, 3.05) is 26.7 Å². The fraction of sp³-hybridized carbons (Fsp3) is 1.00. The van der Waals surface area contributed by atoms with E-state index in [4.69, 9.17) is 0 Å². The SMILES string of the molecule is CCCCCCCCCCCC[N+]1(C)CCCCC1. The minimum atomic E-state index is 1.37. The van der Waals surface area contributed by atoms with E-state index in [0.717, 1.165) is 0 Å². The summed E-state index contributed by atoms with van der Waals surface area (Å²) in [5, 5.41) is 0. The molecule has 0 spiro atoms. The number of rotatable bonds is 11. The number of hydrogen-bond donors (Lipinski definition) is 0. The van der Waals surface area contributed by atoms with Crippen molar-refractivity contribution in [1.82, 2.24) is 0 Å². The topological polar surface area (TPSA) is 0 Å². The van der Waals surface area contributed by atoms with Crippen LogP contribution in [0.15, 0.2) is 0 Å². The van der Waals surface area contributed by atoms with E-state index in [0.29, 0.717) is 0 Å². The lowest BCUT2D eigenvalue weighted by Crippen LogP contribution is -2.48. The Hall–Kier alpha value is -0.0400. The molecule has 1 heteroatoms. The van der Waals surface area contributed by atoms with E-state index in [1.807, 2.05) is 0 Å². The van der Waals surface area contributed by atoms with Gasteiger partial charge in [-0.3, -0.25) is 0 Å². The fourth-order valence-corrected chi connectivity index (χ4v) is 3.48. The molecule has 0 N–H and O–H groups in total. The summed E-state index contributed by atoms with van der Waals surface area (Å²) in [5.74, 6) is 0. The molecule has 0 amide bonds. The van der Waals surface area contributed by atoms with E-state index in [9.17, 15) is 0 Å². The molecule has 1 saturated heterocycles. The summed E-state index contributed by atoms with van der Waals surface area (Å²) in [7, 11) is 2.48. The van der Waals surface area contributed by atoms with Crippen LogP contribution in [-0.2, 0) is 0 Å². The zero-order valence-corrected chi connectivity index (χ0v) is 13.8. The van der Waals surface area contributed by atoms with Gasteiger partial charge in [0.25, 0.3) is 0 Å². The maximum absolute atomic E-state index is 2.48. The molecule has 0 aromatic carbocycles. The van der Waals surface area contributed by atoms with E-state index in [2.05, 4.69) is 14.0 Å². The van der Waals surface area contributed by atoms with Gasteiger partial charge in [0.1, 0.15) is 0 Å². The van der Waals surface area contributed by atoms with Gasteiger partial charge in [0.2, 0.25) is 0 Å². The first-order chi connectivity index (χ1) is 9.27. The van der Waals surface area contributed by atoms with Gasteiger partial charge in [0.15, 0.2) is 0 Å². The number of unbranched alkanes of at least 4 members (excludes halogenated alkanes) is 9. The van der Waals surface area contributed by atoms with Crippen molar-refractivity contribution < 1.29 is 4.48 Å². The smallest absolute Gasteiger partial charge is 0.0784 e. The minimum Gasteiger partial charge on any atom is -0.326 e. The predicted octanol–water partition coefficient (Wildman–Crippen LogP) is 5.54. The largest absolute Gasteiger partial charge is 0.326 e. The van der Waals surface area contributed by atoms with Gasteiger partial charge >= 0.3 is 0 Å². The van der Waals surface area contributed by atoms with Crippen LogP contribution in [0.25, 0.3) is 0 Å². The number of hydrogen-bond acceptors (Lipinski definition) is 0. The molecule has 19 heavy (non-hydrogen) atoms. The van der Waals surface area contributed by atoms with Gasteiger partial charge in [-0.2, -0.15) is 0 Å². The molecular formula is C18H38N+. The van der Waals surface area contributed by atoms with Gasteiger partial charge in [0, 0.05) is 0 Å². The van der Waals surface area contributed by atoms with E-state index >= 15 is 0 Å². The molecule has 0 atom stereocenters. The van der Waals surface area contributed by atoms with Crippen LogP contribution in [0.2, 0.25) is 0 Å². The summed E-state index contributed by atoms with van der Waals surface area (Å²) in [6.45, 7) is 6.62. The van der Waals surface area contributed by atoms with Crippen molar-refractivity contribution >= 4 is 0 Å². The summed E-state index contributed by atoms with van der Waals surface area (Å²) in [4.78, 5) is 0. The van der Waals surface area contributed by atoms with Crippen molar-refractivity contribution in [3.63, 3.8) is 0 Å². The van der Waals surface area contributed by atoms with Gasteiger partial charge < -0.3 is 4.48 Å². The zero-order valence-electron chi connectivity index (χ0n) is 13.8. The van der Waals surface area contributed by atoms with Crippen LogP contribution < -0.4 is 0 Å². The number of likely N-dealkylation sites (tertiary alicyclic amines) is 1. The highest BCUT2D eigenvalue weighted by molar-refractivity contribution is 4.53. The van der Waals surface area contributed by atoms with Crippen molar-refractivity contribution in [2.24, 2.45) is 0 Å². The highest BCUT2D eigenvalue weighted by atomic mass is 15.3. The maximum Gasteiger partial charge on any atom is 0.0784 e. The van der Waals surface area contributed by atoms with E-state index in [-0.39, 0.29) is 0 Å². The van der Waals surface area contributed by atoms with Crippen molar-refractivity contribution in [1.29, 1.82) is 0 Å². The third kappa shape index (κ3) is 8.68. The zero-order chi connectivity index (χ0) is 13.8. The first kappa shape index (κ1) is 17.0. The Balaban J connectivity index is 1.83. The van der Waals surface area contributed by atoms with E-state index < -0.39 is 0 Å². The Labute approximate surface area is 122 Å². The van der Waals surface area contributed by atoms with Gasteiger partial charge in [-0.15, -0.1) is 0 Å². The predicted molar refractivity (Wildman–Crippen MR) is 86.5 cm³/mol. The molecule has 1 aliphatic heterocycles. The standard InChI is InChI=1S/C18H38N/c1-3-4-5-6-7-8-9-10-11-13-16-19(2)17-14-12-15-18-19/h3-18H2,1-2H3/q+1. The third-order valence-corrected chi connectivity index (χ3v) is 4.95. The lowest BCUT2D eigenvalue weighted by Gasteiger charge is -2.37. The molecule has 0 bridgehead atoms. The fourth-order valence-electron chi connectivity index (χ4n) is 3.48. The summed E-state index contributed by atoms with van der Waals surface area (Å²) >= 11 is 0. The van der Waals surface area contributed by atoms with Crippen LogP contribution in [0, 0.1) is 0 Å². The number of piperidine rings is 1. The van der Waals surface area contributed by atoms with Crippen LogP contribution in [0.4, 0.5) is 0 Å². The second-order valence-corrected chi connectivity index (χ2v) is 7.03. The minimum absolute atomic E-state index is 1.37. The molecule has 114 valence electrons. The van der Waals surface area contributed by atoms with Gasteiger partial charge in [0.05, 0.1) is 26.7 Å². The monoisotopic (exact) mass is 268 g/mol. The van der Waals surface area contributed by atoms with Gasteiger partial charge in [-0.1, -0.05) is 58.3 Å². The van der Waals surface area contributed by atoms with Crippen LogP contribution in [0.5, 0.6) is 0 Å². The van der Waals surface area contributed by atoms with Crippen molar-refractivity contribution in [2.45, 2.75) is 90.4 Å². The van der Waals surface area contributed by atoms with Gasteiger partial charge in [-0.05, 0) is 32.1 Å². The Morgan fingerprint density at radius 1 is 0.632 bits per heavy atom. The van der Waals surface area contributed by atoms with Crippen LogP contribution >= 0.6 is 0 Å². The lowest BCUT2D eigenvalue weighted by molar-refractivity contribution is -0.914. The molecule has 1 rings (SSSR count). The summed E-state index contributed by atoms with van der Waals surface area (Å²) in [6, 6.07) is 0. The third-order valence-electron chi connectivity index (χ3n) is 4.95. The van der Waals surface area contributed by atoms with Crippen LogP contribution in [0.3, 0.4) is 0 Å². The summed E-state index contributed by atoms with van der Waals surface area (Å²) in [6.07, 6.45) is 19.0. The van der Waals surface area contributed by atoms with Crippen LogP contribution in [-0.4, -0.2) is 31.2 Å². The molecular weight excluding hydrogens is 230 g/mol. The molecule has 0 aromatic heterocycles. The van der Waals surface area contributed by atoms with E-state index in [1.165, 1.54) is 108 Å². The Kier molecular flexibility index (Phi) is 9.59. The number of nitrogens with zero attached hydrogens (tertiary/aromatic N) is 1. The molecule has 0 aliphatic carbocycles. The molecule has 0 aromatic rings. The molecule has 0 saturated carbocycles. The molecule has 1 aliphatic rings. The summed E-state index contributed by atoms with van der Waals surface area (Å²) in [5.41, 5.74) is 0. The average molecular weight is 269 g/mol. The highest BCUT2D eigenvalue weighted by Crippen LogP contribution is 2.18. The summed E-state index contributed by atoms with van der Waals surface area (Å²) < 4.78 is 1.37. The normalized spacial score (nSPS) is 18.6. The van der Waals surface area contributed by atoms with Crippen LogP contribution in [0.1, 0.15) is 90.4 Å². The Morgan fingerprint density at radius 3 is 1.63 bits per heavy atom. The van der Waals surface area contributed by atoms with Crippen molar-refractivity contribution in [3.05, 3.63) is 0 Å². The van der Waals surface area contributed by atoms with E-state index in [1.54, 1.807) is 0 Å².